The van der Waals surface area contributed by atoms with Gasteiger partial charge in [0.1, 0.15) is 5.78 Å². The minimum atomic E-state index is -0.711. The van der Waals surface area contributed by atoms with Crippen molar-refractivity contribution in [1.82, 2.24) is 0 Å². The van der Waals surface area contributed by atoms with E-state index in [0.29, 0.717) is 6.42 Å². The Hall–Kier alpha value is -0.900. The molecular weight excluding hydrogens is 182 g/mol. The highest BCUT2D eigenvalue weighted by molar-refractivity contribution is 5.80. The smallest absolute Gasteiger partial charge is 0.303 e. The molecule has 1 atom stereocenters. The van der Waals surface area contributed by atoms with Crippen LogP contribution in [0.5, 0.6) is 0 Å². The molecule has 86 valence electrons. The van der Waals surface area contributed by atoms with Crippen molar-refractivity contribution in [2.75, 3.05) is 0 Å². The molecule has 14 heavy (non-hydrogen) atoms. The topological polar surface area (TPSA) is 80.4 Å². The molecule has 0 radical (unpaired) electrons. The van der Waals surface area contributed by atoms with E-state index in [1.54, 1.807) is 0 Å². The second-order valence-electron chi connectivity index (χ2n) is 2.77. The molecular formula is C10H23NO3. The van der Waals surface area contributed by atoms with Gasteiger partial charge in [-0.05, 0) is 19.8 Å². The van der Waals surface area contributed by atoms with Crippen molar-refractivity contribution in [2.45, 2.75) is 53.5 Å². The molecule has 0 bridgehead atoms. The van der Waals surface area contributed by atoms with E-state index in [4.69, 9.17) is 10.8 Å². The van der Waals surface area contributed by atoms with Gasteiger partial charge in [-0.25, -0.2) is 0 Å². The lowest BCUT2D eigenvalue weighted by atomic mass is 10.2. The highest BCUT2D eigenvalue weighted by atomic mass is 16.4. The summed E-state index contributed by atoms with van der Waals surface area (Å²) in [4.78, 5) is 19.8. The van der Waals surface area contributed by atoms with Crippen LogP contribution in [0.25, 0.3) is 0 Å². The number of ketones is 1. The third-order valence-electron chi connectivity index (χ3n) is 1.43. The average Bonchev–Trinajstić information content (AvgIpc) is 2.03. The summed E-state index contributed by atoms with van der Waals surface area (Å²) in [7, 11) is 0. The summed E-state index contributed by atoms with van der Waals surface area (Å²) in [6.45, 7) is 5.24. The second-order valence-corrected chi connectivity index (χ2v) is 2.77. The zero-order valence-corrected chi connectivity index (χ0v) is 8.54. The minimum Gasteiger partial charge on any atom is -0.481 e. The van der Waals surface area contributed by atoms with Gasteiger partial charge in [0.05, 0.1) is 6.04 Å². The Bertz CT molecular complexity index is 157. The van der Waals surface area contributed by atoms with Crippen molar-refractivity contribution in [3.8, 4) is 0 Å². The molecule has 0 rings (SSSR count). The van der Waals surface area contributed by atoms with Gasteiger partial charge in [0.15, 0.2) is 0 Å². The fourth-order valence-electron chi connectivity index (χ4n) is 0.501. The van der Waals surface area contributed by atoms with Crippen molar-refractivity contribution >= 4 is 11.8 Å². The first kappa shape index (κ1) is 18.8. The number of carboxylic acids is 1. The van der Waals surface area contributed by atoms with Crippen molar-refractivity contribution in [1.29, 1.82) is 0 Å². The molecule has 0 heterocycles. The Morgan fingerprint density at radius 2 is 1.79 bits per heavy atom. The molecule has 4 heteroatoms. The number of carboxylic acid groups (broad SMARTS) is 1. The molecule has 0 aliphatic carbocycles. The molecule has 0 aliphatic rings. The van der Waals surface area contributed by atoms with Gasteiger partial charge < -0.3 is 10.8 Å². The SMILES string of the molecule is C.CCC(N)C(C)=O.CCCC(=O)O. The van der Waals surface area contributed by atoms with Gasteiger partial charge in [-0.3, -0.25) is 9.59 Å². The number of hydrogen-bond donors (Lipinski definition) is 2. The van der Waals surface area contributed by atoms with Crippen LogP contribution in [0.15, 0.2) is 0 Å². The largest absolute Gasteiger partial charge is 0.481 e. The van der Waals surface area contributed by atoms with E-state index in [-0.39, 0.29) is 19.3 Å². The summed E-state index contributed by atoms with van der Waals surface area (Å²) in [5.74, 6) is -0.639. The lowest BCUT2D eigenvalue weighted by Gasteiger charge is -1.99. The molecule has 0 saturated carbocycles. The number of aliphatic carboxylic acids is 1. The summed E-state index contributed by atoms with van der Waals surface area (Å²) in [5, 5.41) is 7.91. The quantitative estimate of drug-likeness (QED) is 0.733. The molecule has 0 saturated heterocycles. The van der Waals surface area contributed by atoms with Gasteiger partial charge in [0.2, 0.25) is 0 Å². The molecule has 0 aromatic heterocycles. The van der Waals surface area contributed by atoms with E-state index < -0.39 is 5.97 Å². The molecule has 0 amide bonds. The third-order valence-corrected chi connectivity index (χ3v) is 1.43. The summed E-state index contributed by atoms with van der Waals surface area (Å²) in [6.07, 6.45) is 1.77. The molecule has 0 fully saturated rings. The van der Waals surface area contributed by atoms with E-state index in [0.717, 1.165) is 12.8 Å². The first-order valence-electron chi connectivity index (χ1n) is 4.43. The van der Waals surface area contributed by atoms with Crippen LogP contribution in [-0.2, 0) is 9.59 Å². The maximum Gasteiger partial charge on any atom is 0.303 e. The van der Waals surface area contributed by atoms with Crippen molar-refractivity contribution in [3.63, 3.8) is 0 Å². The summed E-state index contributed by atoms with van der Waals surface area (Å²) in [6, 6.07) is -0.236. The van der Waals surface area contributed by atoms with Crippen LogP contribution in [0.3, 0.4) is 0 Å². The van der Waals surface area contributed by atoms with Crippen LogP contribution in [0.1, 0.15) is 47.5 Å². The number of Topliss-reactive ketones (excluding diaryl/α,β-unsaturated/α-hetero) is 1. The van der Waals surface area contributed by atoms with E-state index in [9.17, 15) is 9.59 Å². The van der Waals surface area contributed by atoms with Gasteiger partial charge >= 0.3 is 5.97 Å². The normalized spacial score (nSPS) is 10.3. The lowest BCUT2D eigenvalue weighted by Crippen LogP contribution is -2.26. The maximum atomic E-state index is 10.2. The summed E-state index contributed by atoms with van der Waals surface area (Å²) >= 11 is 0. The first-order valence-corrected chi connectivity index (χ1v) is 4.43. The van der Waals surface area contributed by atoms with E-state index in [1.807, 2.05) is 13.8 Å². The van der Waals surface area contributed by atoms with Crippen LogP contribution in [-0.4, -0.2) is 22.9 Å². The molecule has 0 spiro atoms. The molecule has 0 aromatic carbocycles. The predicted molar refractivity (Wildman–Crippen MR) is 58.2 cm³/mol. The minimum absolute atomic E-state index is 0. The zero-order valence-electron chi connectivity index (χ0n) is 8.54. The van der Waals surface area contributed by atoms with Crippen LogP contribution >= 0.6 is 0 Å². The fourth-order valence-corrected chi connectivity index (χ4v) is 0.501. The van der Waals surface area contributed by atoms with Crippen molar-refractivity contribution < 1.29 is 14.7 Å². The highest BCUT2D eigenvalue weighted by Crippen LogP contribution is 1.84. The predicted octanol–water partition coefficient (Wildman–Crippen LogP) is 1.82. The zero-order chi connectivity index (χ0) is 10.9. The maximum absolute atomic E-state index is 10.2. The molecule has 0 aliphatic heterocycles. The third kappa shape index (κ3) is 17.3. The van der Waals surface area contributed by atoms with Crippen LogP contribution in [0.4, 0.5) is 0 Å². The number of hydrogen-bond acceptors (Lipinski definition) is 3. The van der Waals surface area contributed by atoms with Crippen molar-refractivity contribution in [2.24, 2.45) is 5.73 Å². The van der Waals surface area contributed by atoms with Gasteiger partial charge in [0.25, 0.3) is 0 Å². The van der Waals surface area contributed by atoms with Crippen LogP contribution in [0.2, 0.25) is 0 Å². The highest BCUT2D eigenvalue weighted by Gasteiger charge is 2.01. The van der Waals surface area contributed by atoms with E-state index >= 15 is 0 Å². The molecule has 1 unspecified atom stereocenters. The Morgan fingerprint density at radius 1 is 1.36 bits per heavy atom. The first-order chi connectivity index (χ1) is 5.95. The van der Waals surface area contributed by atoms with E-state index in [1.165, 1.54) is 6.92 Å². The van der Waals surface area contributed by atoms with Crippen LogP contribution < -0.4 is 5.73 Å². The average molecular weight is 205 g/mol. The monoisotopic (exact) mass is 205 g/mol. The van der Waals surface area contributed by atoms with Gasteiger partial charge in [-0.1, -0.05) is 21.3 Å². The van der Waals surface area contributed by atoms with Gasteiger partial charge in [-0.15, -0.1) is 0 Å². The van der Waals surface area contributed by atoms with Gasteiger partial charge in [-0.2, -0.15) is 0 Å². The number of carbonyl (C=O) groups excluding carboxylic acids is 1. The van der Waals surface area contributed by atoms with Crippen LogP contribution in [0, 0.1) is 0 Å². The summed E-state index contributed by atoms with van der Waals surface area (Å²) in [5.41, 5.74) is 5.27. The molecule has 3 N–H and O–H groups in total. The molecule has 0 aromatic rings. The fraction of sp³-hybridized carbons (Fsp3) is 0.800. The molecule has 4 nitrogen and oxygen atoms in total. The lowest BCUT2D eigenvalue weighted by molar-refractivity contribution is -0.137. The standard InChI is InChI=1S/C5H11NO.C4H8O2.CH4/c1-3-5(6)4(2)7;1-2-3-4(5)6;/h5H,3,6H2,1-2H3;2-3H2,1H3,(H,5,6);1H4. The summed E-state index contributed by atoms with van der Waals surface area (Å²) < 4.78 is 0. The Balaban J connectivity index is -0.000000163. The van der Waals surface area contributed by atoms with Gasteiger partial charge in [0, 0.05) is 6.42 Å². The number of rotatable bonds is 4. The Morgan fingerprint density at radius 3 is 1.79 bits per heavy atom. The Kier molecular flexibility index (Phi) is 16.3. The van der Waals surface area contributed by atoms with Crippen molar-refractivity contribution in [3.05, 3.63) is 0 Å². The number of carbonyl (C=O) groups is 2. The number of nitrogens with two attached hydrogens (primary N) is 1. The Labute approximate surface area is 86.5 Å². The van der Waals surface area contributed by atoms with E-state index in [2.05, 4.69) is 0 Å². The second kappa shape index (κ2) is 12.1.